The number of rotatable bonds is 2. The topological polar surface area (TPSA) is 66.8 Å². The van der Waals surface area contributed by atoms with E-state index in [1.54, 1.807) is 12.1 Å². The van der Waals surface area contributed by atoms with Crippen molar-refractivity contribution in [3.63, 3.8) is 0 Å². The molecule has 1 aromatic heterocycles. The largest absolute Gasteiger partial charge is 0.479 e. The number of carbonyl (C=O) groups is 2. The van der Waals surface area contributed by atoms with Gasteiger partial charge in [0.15, 0.2) is 6.10 Å². The molecular formula is C14H12FNO4S. The first kappa shape index (κ1) is 14.0. The van der Waals surface area contributed by atoms with Gasteiger partial charge in [-0.25, -0.2) is 9.18 Å². The van der Waals surface area contributed by atoms with Crippen LogP contribution in [-0.4, -0.2) is 47.7 Å². The molecule has 0 aliphatic carbocycles. The van der Waals surface area contributed by atoms with E-state index in [-0.39, 0.29) is 24.9 Å². The Morgan fingerprint density at radius 1 is 1.38 bits per heavy atom. The average molecular weight is 309 g/mol. The predicted molar refractivity (Wildman–Crippen MR) is 75.1 cm³/mol. The van der Waals surface area contributed by atoms with Crippen LogP contribution < -0.4 is 0 Å². The molecule has 21 heavy (non-hydrogen) atoms. The quantitative estimate of drug-likeness (QED) is 0.921. The van der Waals surface area contributed by atoms with Crippen molar-refractivity contribution < 1.29 is 23.8 Å². The zero-order chi connectivity index (χ0) is 15.0. The molecule has 2 heterocycles. The van der Waals surface area contributed by atoms with Crippen molar-refractivity contribution in [3.05, 3.63) is 35.0 Å². The SMILES string of the molecule is O=C(O)[C@@H]1CN(C(=O)c2cc3cc(F)ccc3s2)CCO1. The molecule has 0 unspecified atom stereocenters. The molecule has 1 amide bonds. The van der Waals surface area contributed by atoms with Gasteiger partial charge in [-0.05, 0) is 29.7 Å². The Balaban J connectivity index is 1.84. The maximum atomic E-state index is 13.2. The van der Waals surface area contributed by atoms with Gasteiger partial charge in [0.25, 0.3) is 5.91 Å². The molecule has 110 valence electrons. The molecule has 1 N–H and O–H groups in total. The lowest BCUT2D eigenvalue weighted by Crippen LogP contribution is -2.48. The van der Waals surface area contributed by atoms with Crippen molar-refractivity contribution in [3.8, 4) is 0 Å². The molecule has 1 fully saturated rings. The highest BCUT2D eigenvalue weighted by molar-refractivity contribution is 7.20. The molecular weight excluding hydrogens is 297 g/mol. The summed E-state index contributed by atoms with van der Waals surface area (Å²) in [5, 5.41) is 9.62. The van der Waals surface area contributed by atoms with Crippen LogP contribution in [0.15, 0.2) is 24.3 Å². The predicted octanol–water partition coefficient (Wildman–Crippen LogP) is 1.97. The number of thiophene rings is 1. The molecule has 0 saturated carbocycles. The van der Waals surface area contributed by atoms with Crippen LogP contribution in [0.4, 0.5) is 4.39 Å². The van der Waals surface area contributed by atoms with Gasteiger partial charge in [0, 0.05) is 11.2 Å². The fourth-order valence-electron chi connectivity index (χ4n) is 2.26. The van der Waals surface area contributed by atoms with Crippen LogP contribution in [0.5, 0.6) is 0 Å². The van der Waals surface area contributed by atoms with Gasteiger partial charge >= 0.3 is 5.97 Å². The number of hydrogen-bond acceptors (Lipinski definition) is 4. The maximum Gasteiger partial charge on any atom is 0.334 e. The number of carbonyl (C=O) groups excluding carboxylic acids is 1. The first-order chi connectivity index (χ1) is 10.0. The second-order valence-corrected chi connectivity index (χ2v) is 5.83. The summed E-state index contributed by atoms with van der Waals surface area (Å²) in [7, 11) is 0. The van der Waals surface area contributed by atoms with Crippen molar-refractivity contribution >= 4 is 33.3 Å². The minimum absolute atomic E-state index is 0.0246. The Bertz CT molecular complexity index is 714. The lowest BCUT2D eigenvalue weighted by Gasteiger charge is -2.30. The third-order valence-corrected chi connectivity index (χ3v) is 4.42. The van der Waals surface area contributed by atoms with Crippen LogP contribution in [0, 0.1) is 5.82 Å². The van der Waals surface area contributed by atoms with Crippen molar-refractivity contribution in [2.24, 2.45) is 0 Å². The van der Waals surface area contributed by atoms with E-state index in [2.05, 4.69) is 0 Å². The smallest absolute Gasteiger partial charge is 0.334 e. The van der Waals surface area contributed by atoms with Gasteiger partial charge in [0.2, 0.25) is 0 Å². The number of carboxylic acid groups (broad SMARTS) is 1. The summed E-state index contributed by atoms with van der Waals surface area (Å²) in [6.45, 7) is 0.574. The summed E-state index contributed by atoms with van der Waals surface area (Å²) in [6.07, 6.45) is -0.991. The number of amides is 1. The molecule has 0 bridgehead atoms. The number of morpholine rings is 1. The summed E-state index contributed by atoms with van der Waals surface area (Å²) < 4.78 is 19.1. The Labute approximate surface area is 123 Å². The molecule has 5 nitrogen and oxygen atoms in total. The molecule has 0 radical (unpaired) electrons. The van der Waals surface area contributed by atoms with Crippen molar-refractivity contribution in [2.45, 2.75) is 6.10 Å². The summed E-state index contributed by atoms with van der Waals surface area (Å²) in [6, 6.07) is 5.99. The van der Waals surface area contributed by atoms with Crippen LogP contribution in [0.2, 0.25) is 0 Å². The van der Waals surface area contributed by atoms with Gasteiger partial charge in [-0.2, -0.15) is 0 Å². The number of benzene rings is 1. The second kappa shape index (κ2) is 5.42. The molecule has 7 heteroatoms. The highest BCUT2D eigenvalue weighted by Gasteiger charge is 2.30. The van der Waals surface area contributed by atoms with E-state index in [0.29, 0.717) is 16.8 Å². The van der Waals surface area contributed by atoms with E-state index in [0.717, 1.165) is 4.70 Å². The van der Waals surface area contributed by atoms with Crippen molar-refractivity contribution in [1.29, 1.82) is 0 Å². The van der Waals surface area contributed by atoms with Crippen LogP contribution in [0.25, 0.3) is 10.1 Å². The van der Waals surface area contributed by atoms with Gasteiger partial charge in [-0.15, -0.1) is 11.3 Å². The molecule has 1 aromatic carbocycles. The third-order valence-electron chi connectivity index (χ3n) is 3.32. The molecule has 1 saturated heterocycles. The van der Waals surface area contributed by atoms with Gasteiger partial charge in [0.1, 0.15) is 5.82 Å². The number of carboxylic acids is 1. The zero-order valence-corrected chi connectivity index (χ0v) is 11.7. The molecule has 1 aliphatic heterocycles. The zero-order valence-electron chi connectivity index (χ0n) is 10.9. The molecule has 1 aliphatic rings. The van der Waals surface area contributed by atoms with Gasteiger partial charge in [-0.3, -0.25) is 4.79 Å². The second-order valence-electron chi connectivity index (χ2n) is 4.74. The Morgan fingerprint density at radius 3 is 2.95 bits per heavy atom. The van der Waals surface area contributed by atoms with Crippen LogP contribution >= 0.6 is 11.3 Å². The number of nitrogens with zero attached hydrogens (tertiary/aromatic N) is 1. The van der Waals surface area contributed by atoms with E-state index in [1.807, 2.05) is 0 Å². The molecule has 0 spiro atoms. The summed E-state index contributed by atoms with van der Waals surface area (Å²) in [5.41, 5.74) is 0. The maximum absolute atomic E-state index is 13.2. The first-order valence-corrected chi connectivity index (χ1v) is 7.19. The summed E-state index contributed by atoms with van der Waals surface area (Å²) in [5.74, 6) is -1.67. The van der Waals surface area contributed by atoms with Gasteiger partial charge in [-0.1, -0.05) is 0 Å². The van der Waals surface area contributed by atoms with E-state index >= 15 is 0 Å². The molecule has 3 rings (SSSR count). The Kier molecular flexibility index (Phi) is 3.60. The van der Waals surface area contributed by atoms with Gasteiger partial charge in [0.05, 0.1) is 18.0 Å². The molecule has 2 aromatic rings. The highest BCUT2D eigenvalue weighted by Crippen LogP contribution is 2.27. The monoisotopic (exact) mass is 309 g/mol. The van der Waals surface area contributed by atoms with Crippen LogP contribution in [0.3, 0.4) is 0 Å². The van der Waals surface area contributed by atoms with E-state index in [1.165, 1.54) is 28.4 Å². The number of halogens is 1. The number of fused-ring (bicyclic) bond motifs is 1. The normalized spacial score (nSPS) is 18.9. The third kappa shape index (κ3) is 2.74. The number of ether oxygens (including phenoxy) is 1. The minimum Gasteiger partial charge on any atom is -0.479 e. The fourth-order valence-corrected chi connectivity index (χ4v) is 3.27. The van der Waals surface area contributed by atoms with Crippen LogP contribution in [-0.2, 0) is 9.53 Å². The fraction of sp³-hybridized carbons (Fsp3) is 0.286. The van der Waals surface area contributed by atoms with E-state index in [9.17, 15) is 14.0 Å². The van der Waals surface area contributed by atoms with E-state index < -0.39 is 12.1 Å². The number of hydrogen-bond donors (Lipinski definition) is 1. The highest BCUT2D eigenvalue weighted by atomic mass is 32.1. The number of aliphatic carboxylic acids is 1. The summed E-state index contributed by atoms with van der Waals surface area (Å²) >= 11 is 1.27. The summed E-state index contributed by atoms with van der Waals surface area (Å²) in [4.78, 5) is 25.3. The average Bonchev–Trinajstić information content (AvgIpc) is 2.89. The lowest BCUT2D eigenvalue weighted by molar-refractivity contribution is -0.154. The Hall–Kier alpha value is -1.99. The first-order valence-electron chi connectivity index (χ1n) is 6.37. The standard InChI is InChI=1S/C14H12FNO4S/c15-9-1-2-11-8(5-9)6-12(21-11)13(17)16-3-4-20-10(7-16)14(18)19/h1-2,5-6,10H,3-4,7H2,(H,18,19)/t10-/m0/s1. The Morgan fingerprint density at radius 2 is 2.19 bits per heavy atom. The van der Waals surface area contributed by atoms with Crippen molar-refractivity contribution in [2.75, 3.05) is 19.7 Å². The minimum atomic E-state index is -1.08. The van der Waals surface area contributed by atoms with Gasteiger partial charge < -0.3 is 14.7 Å². The van der Waals surface area contributed by atoms with Crippen molar-refractivity contribution in [1.82, 2.24) is 4.90 Å². The lowest BCUT2D eigenvalue weighted by atomic mass is 10.2. The molecule has 1 atom stereocenters. The van der Waals surface area contributed by atoms with E-state index in [4.69, 9.17) is 9.84 Å². The van der Waals surface area contributed by atoms with Crippen LogP contribution in [0.1, 0.15) is 9.67 Å².